The number of rotatable bonds is 2. The number of piperidine rings is 1. The van der Waals surface area contributed by atoms with Crippen molar-refractivity contribution in [3.05, 3.63) is 41.0 Å². The summed E-state index contributed by atoms with van der Waals surface area (Å²) in [6.45, 7) is 1.82. The summed E-state index contributed by atoms with van der Waals surface area (Å²) < 4.78 is 1.05. The molecule has 1 aromatic heterocycles. The molecule has 5 heteroatoms. The van der Waals surface area contributed by atoms with Gasteiger partial charge >= 0.3 is 0 Å². The number of benzene rings is 1. The first kappa shape index (κ1) is 13.5. The highest BCUT2D eigenvalue weighted by molar-refractivity contribution is 9.10. The molecule has 2 aromatic rings. The van der Waals surface area contributed by atoms with Crippen LogP contribution in [0.15, 0.2) is 41.0 Å². The van der Waals surface area contributed by atoms with Crippen LogP contribution in [0.5, 0.6) is 0 Å². The van der Waals surface area contributed by atoms with Gasteiger partial charge in [0, 0.05) is 35.4 Å². The zero-order chi connectivity index (χ0) is 13.9. The van der Waals surface area contributed by atoms with E-state index in [9.17, 15) is 0 Å². The topological polar surface area (TPSA) is 55.0 Å². The summed E-state index contributed by atoms with van der Waals surface area (Å²) in [6, 6.07) is 10.3. The fourth-order valence-electron chi connectivity index (χ4n) is 2.50. The van der Waals surface area contributed by atoms with Gasteiger partial charge in [0.2, 0.25) is 5.95 Å². The highest BCUT2D eigenvalue weighted by Crippen LogP contribution is 2.23. The Morgan fingerprint density at radius 2 is 2.20 bits per heavy atom. The number of anilines is 1. The van der Waals surface area contributed by atoms with Crippen LogP contribution in [-0.4, -0.2) is 29.1 Å². The van der Waals surface area contributed by atoms with Crippen molar-refractivity contribution in [2.24, 2.45) is 5.73 Å². The molecule has 1 aliphatic rings. The summed E-state index contributed by atoms with van der Waals surface area (Å²) in [7, 11) is 0. The summed E-state index contributed by atoms with van der Waals surface area (Å²) in [4.78, 5) is 11.2. The van der Waals surface area contributed by atoms with Gasteiger partial charge in [-0.3, -0.25) is 0 Å². The fourth-order valence-corrected chi connectivity index (χ4v) is 2.90. The lowest BCUT2D eigenvalue weighted by Gasteiger charge is -2.30. The van der Waals surface area contributed by atoms with Crippen molar-refractivity contribution in [1.29, 1.82) is 0 Å². The third-order valence-corrected chi connectivity index (χ3v) is 4.00. The van der Waals surface area contributed by atoms with Gasteiger partial charge in [-0.15, -0.1) is 0 Å². The van der Waals surface area contributed by atoms with Crippen molar-refractivity contribution in [1.82, 2.24) is 9.97 Å². The van der Waals surface area contributed by atoms with Crippen LogP contribution in [0.25, 0.3) is 11.3 Å². The van der Waals surface area contributed by atoms with Gasteiger partial charge in [0.05, 0.1) is 5.69 Å². The van der Waals surface area contributed by atoms with Crippen LogP contribution in [0.4, 0.5) is 5.95 Å². The molecule has 1 atom stereocenters. The van der Waals surface area contributed by atoms with Crippen molar-refractivity contribution in [3.63, 3.8) is 0 Å². The maximum atomic E-state index is 6.03. The Morgan fingerprint density at radius 1 is 1.30 bits per heavy atom. The molecule has 1 aliphatic heterocycles. The van der Waals surface area contributed by atoms with Crippen LogP contribution in [0, 0.1) is 0 Å². The number of aromatic nitrogens is 2. The Hall–Kier alpha value is -1.46. The highest BCUT2D eigenvalue weighted by Gasteiger charge is 2.19. The average molecular weight is 333 g/mol. The molecule has 3 rings (SSSR count). The quantitative estimate of drug-likeness (QED) is 0.918. The van der Waals surface area contributed by atoms with E-state index in [0.29, 0.717) is 0 Å². The zero-order valence-corrected chi connectivity index (χ0v) is 12.8. The van der Waals surface area contributed by atoms with Gasteiger partial charge in [-0.25, -0.2) is 9.97 Å². The third-order valence-electron chi connectivity index (χ3n) is 3.50. The van der Waals surface area contributed by atoms with Crippen molar-refractivity contribution in [2.45, 2.75) is 18.9 Å². The normalized spacial score (nSPS) is 19.1. The number of hydrogen-bond acceptors (Lipinski definition) is 4. The molecule has 0 saturated carbocycles. The Labute approximate surface area is 127 Å². The van der Waals surface area contributed by atoms with Crippen molar-refractivity contribution < 1.29 is 0 Å². The standard InChI is InChI=1S/C15H17BrN4/c16-12-4-1-3-11(9-12)14-6-7-18-15(19-14)20-8-2-5-13(17)10-20/h1,3-4,6-7,9,13H,2,5,8,10,17H2. The van der Waals surface area contributed by atoms with E-state index in [1.54, 1.807) is 0 Å². The van der Waals surface area contributed by atoms with Crippen molar-refractivity contribution in [2.75, 3.05) is 18.0 Å². The van der Waals surface area contributed by atoms with Crippen LogP contribution < -0.4 is 10.6 Å². The number of nitrogens with two attached hydrogens (primary N) is 1. The maximum absolute atomic E-state index is 6.03. The first-order valence-corrected chi connectivity index (χ1v) is 7.61. The van der Waals surface area contributed by atoms with E-state index < -0.39 is 0 Å². The summed E-state index contributed by atoms with van der Waals surface area (Å²) in [5.74, 6) is 0.776. The molecule has 2 N–H and O–H groups in total. The van der Waals surface area contributed by atoms with Crippen molar-refractivity contribution in [3.8, 4) is 11.3 Å². The fraction of sp³-hybridized carbons (Fsp3) is 0.333. The minimum absolute atomic E-state index is 0.224. The summed E-state index contributed by atoms with van der Waals surface area (Å²) >= 11 is 3.49. The first-order valence-electron chi connectivity index (χ1n) is 6.82. The maximum Gasteiger partial charge on any atom is 0.225 e. The van der Waals surface area contributed by atoms with E-state index in [1.807, 2.05) is 24.4 Å². The molecule has 1 saturated heterocycles. The smallest absolute Gasteiger partial charge is 0.225 e. The van der Waals surface area contributed by atoms with Crippen LogP contribution in [-0.2, 0) is 0 Å². The number of hydrogen-bond donors (Lipinski definition) is 1. The number of halogens is 1. The molecular formula is C15H17BrN4. The molecule has 0 bridgehead atoms. The van der Waals surface area contributed by atoms with Crippen molar-refractivity contribution >= 4 is 21.9 Å². The van der Waals surface area contributed by atoms with E-state index >= 15 is 0 Å². The highest BCUT2D eigenvalue weighted by atomic mass is 79.9. The van der Waals surface area contributed by atoms with Gasteiger partial charge in [-0.1, -0.05) is 28.1 Å². The van der Waals surface area contributed by atoms with Gasteiger partial charge < -0.3 is 10.6 Å². The second kappa shape index (κ2) is 5.89. The minimum Gasteiger partial charge on any atom is -0.339 e. The molecule has 4 nitrogen and oxygen atoms in total. The van der Waals surface area contributed by atoms with Gasteiger partial charge in [0.1, 0.15) is 0 Å². The third kappa shape index (κ3) is 2.99. The number of nitrogens with zero attached hydrogens (tertiary/aromatic N) is 3. The average Bonchev–Trinajstić information content (AvgIpc) is 2.47. The SMILES string of the molecule is NC1CCCN(c2nccc(-c3cccc(Br)c3)n2)C1. The molecule has 1 unspecified atom stereocenters. The summed E-state index contributed by atoms with van der Waals surface area (Å²) in [6.07, 6.45) is 4.01. The lowest BCUT2D eigenvalue weighted by atomic mass is 10.1. The molecule has 0 amide bonds. The van der Waals surface area contributed by atoms with Crippen LogP contribution >= 0.6 is 15.9 Å². The molecule has 104 valence electrons. The van der Waals surface area contributed by atoms with Crippen LogP contribution in [0.2, 0.25) is 0 Å². The van der Waals surface area contributed by atoms with Gasteiger partial charge in [-0.05, 0) is 31.0 Å². The molecule has 20 heavy (non-hydrogen) atoms. The lowest BCUT2D eigenvalue weighted by molar-refractivity contribution is 0.500. The first-order chi connectivity index (χ1) is 9.72. The van der Waals surface area contributed by atoms with E-state index in [2.05, 4.69) is 42.9 Å². The van der Waals surface area contributed by atoms with E-state index in [-0.39, 0.29) is 6.04 Å². The van der Waals surface area contributed by atoms with Crippen LogP contribution in [0.1, 0.15) is 12.8 Å². The van der Waals surface area contributed by atoms with Crippen LogP contribution in [0.3, 0.4) is 0 Å². The lowest BCUT2D eigenvalue weighted by Crippen LogP contribution is -2.43. The summed E-state index contributed by atoms with van der Waals surface area (Å²) in [5.41, 5.74) is 8.06. The molecule has 0 radical (unpaired) electrons. The van der Waals surface area contributed by atoms with Gasteiger partial charge in [-0.2, -0.15) is 0 Å². The molecule has 0 aliphatic carbocycles. The zero-order valence-electron chi connectivity index (χ0n) is 11.2. The molecule has 2 heterocycles. The molecule has 1 fully saturated rings. The second-order valence-electron chi connectivity index (χ2n) is 5.10. The van der Waals surface area contributed by atoms with E-state index in [1.165, 1.54) is 0 Å². The molecular weight excluding hydrogens is 316 g/mol. The Kier molecular flexibility index (Phi) is 3.98. The van der Waals surface area contributed by atoms with Gasteiger partial charge in [0.25, 0.3) is 0 Å². The Morgan fingerprint density at radius 3 is 3.00 bits per heavy atom. The van der Waals surface area contributed by atoms with E-state index in [4.69, 9.17) is 5.73 Å². The predicted molar refractivity (Wildman–Crippen MR) is 84.6 cm³/mol. The predicted octanol–water partition coefficient (Wildman–Crippen LogP) is 2.83. The van der Waals surface area contributed by atoms with Gasteiger partial charge in [0.15, 0.2) is 0 Å². The largest absolute Gasteiger partial charge is 0.339 e. The second-order valence-corrected chi connectivity index (χ2v) is 6.02. The Balaban J connectivity index is 1.89. The molecule has 1 aromatic carbocycles. The minimum atomic E-state index is 0.224. The summed E-state index contributed by atoms with van der Waals surface area (Å²) in [5, 5.41) is 0. The monoisotopic (exact) mass is 332 g/mol. The molecule has 0 spiro atoms. The van der Waals surface area contributed by atoms with E-state index in [0.717, 1.165) is 47.6 Å². The Bertz CT molecular complexity index is 602.